The molecule has 0 aromatic rings. The molecule has 1 amide bonds. The maximum atomic E-state index is 13.0. The lowest BCUT2D eigenvalue weighted by atomic mass is 9.80. The van der Waals surface area contributed by atoms with E-state index in [2.05, 4.69) is 26.8 Å². The van der Waals surface area contributed by atoms with Crippen molar-refractivity contribution in [1.82, 2.24) is 4.90 Å². The highest BCUT2D eigenvalue weighted by Crippen LogP contribution is 2.37. The number of carbonyl (C=O) groups is 1. The molecule has 1 rings (SSSR count). The fraction of sp³-hybridized carbons (Fsp3) is 0.882. The molecule has 0 heterocycles. The summed E-state index contributed by atoms with van der Waals surface area (Å²) in [6.07, 6.45) is 8.92. The van der Waals surface area contributed by atoms with E-state index in [9.17, 15) is 10.1 Å². The average molecular weight is 278 g/mol. The molecule has 3 nitrogen and oxygen atoms in total. The summed E-state index contributed by atoms with van der Waals surface area (Å²) in [4.78, 5) is 15.0. The van der Waals surface area contributed by atoms with Crippen molar-refractivity contribution in [3.05, 3.63) is 0 Å². The van der Waals surface area contributed by atoms with E-state index in [0.717, 1.165) is 64.3 Å². The Morgan fingerprint density at radius 3 is 2.30 bits per heavy atom. The van der Waals surface area contributed by atoms with Crippen LogP contribution in [0.1, 0.15) is 78.6 Å². The van der Waals surface area contributed by atoms with Gasteiger partial charge in [0.15, 0.2) is 0 Å². The zero-order valence-electron chi connectivity index (χ0n) is 13.5. The van der Waals surface area contributed by atoms with E-state index in [1.807, 2.05) is 4.90 Å². The summed E-state index contributed by atoms with van der Waals surface area (Å²) >= 11 is 0. The van der Waals surface area contributed by atoms with Gasteiger partial charge in [0.05, 0.1) is 6.07 Å². The second-order valence-corrected chi connectivity index (χ2v) is 6.22. The molecule has 20 heavy (non-hydrogen) atoms. The van der Waals surface area contributed by atoms with Crippen molar-refractivity contribution in [2.45, 2.75) is 84.6 Å². The minimum atomic E-state index is -0.742. The summed E-state index contributed by atoms with van der Waals surface area (Å²) in [5.74, 6) is 0.102. The monoisotopic (exact) mass is 278 g/mol. The van der Waals surface area contributed by atoms with Crippen LogP contribution >= 0.6 is 0 Å². The van der Waals surface area contributed by atoms with Gasteiger partial charge in [0.1, 0.15) is 5.41 Å². The SMILES string of the molecule is CCCCN(C(=O)C1(C#N)CCCCCC1)C(C)CC. The van der Waals surface area contributed by atoms with Crippen LogP contribution in [0.25, 0.3) is 0 Å². The Hall–Kier alpha value is -1.04. The number of amides is 1. The Balaban J connectivity index is 2.91. The van der Waals surface area contributed by atoms with E-state index in [1.165, 1.54) is 0 Å². The first-order valence-corrected chi connectivity index (χ1v) is 8.33. The number of nitrogens with zero attached hydrogens (tertiary/aromatic N) is 2. The van der Waals surface area contributed by atoms with Gasteiger partial charge in [-0.15, -0.1) is 0 Å². The summed E-state index contributed by atoms with van der Waals surface area (Å²) in [6, 6.07) is 2.64. The highest BCUT2D eigenvalue weighted by atomic mass is 16.2. The summed E-state index contributed by atoms with van der Waals surface area (Å²) in [6.45, 7) is 7.16. The van der Waals surface area contributed by atoms with Crippen molar-refractivity contribution >= 4 is 5.91 Å². The number of nitriles is 1. The first-order chi connectivity index (χ1) is 9.61. The van der Waals surface area contributed by atoms with Crippen LogP contribution in [0.5, 0.6) is 0 Å². The molecule has 0 saturated heterocycles. The number of hydrogen-bond donors (Lipinski definition) is 0. The van der Waals surface area contributed by atoms with Crippen LogP contribution in [0.3, 0.4) is 0 Å². The van der Waals surface area contributed by atoms with E-state index in [1.54, 1.807) is 0 Å². The topological polar surface area (TPSA) is 44.1 Å². The van der Waals surface area contributed by atoms with Crippen LogP contribution in [-0.4, -0.2) is 23.4 Å². The van der Waals surface area contributed by atoms with Crippen molar-refractivity contribution in [3.63, 3.8) is 0 Å². The van der Waals surface area contributed by atoms with Gasteiger partial charge in [0, 0.05) is 12.6 Å². The fourth-order valence-corrected chi connectivity index (χ4v) is 3.05. The predicted molar refractivity (Wildman–Crippen MR) is 82.1 cm³/mol. The second-order valence-electron chi connectivity index (χ2n) is 6.22. The lowest BCUT2D eigenvalue weighted by molar-refractivity contribution is -0.142. The van der Waals surface area contributed by atoms with E-state index >= 15 is 0 Å². The Kier molecular flexibility index (Phi) is 7.05. The van der Waals surface area contributed by atoms with Crippen molar-refractivity contribution in [2.75, 3.05) is 6.54 Å². The van der Waals surface area contributed by atoms with Gasteiger partial charge in [0.25, 0.3) is 0 Å². The van der Waals surface area contributed by atoms with Gasteiger partial charge in [-0.1, -0.05) is 46.0 Å². The molecule has 0 aliphatic heterocycles. The van der Waals surface area contributed by atoms with Crippen LogP contribution in [0.4, 0.5) is 0 Å². The smallest absolute Gasteiger partial charge is 0.243 e. The van der Waals surface area contributed by atoms with E-state index < -0.39 is 5.41 Å². The number of rotatable bonds is 6. The third kappa shape index (κ3) is 3.98. The highest BCUT2D eigenvalue weighted by Gasteiger charge is 2.42. The summed E-state index contributed by atoms with van der Waals surface area (Å²) in [5, 5.41) is 9.67. The Labute approximate surface area is 124 Å². The first kappa shape index (κ1) is 17.0. The van der Waals surface area contributed by atoms with Crippen molar-refractivity contribution < 1.29 is 4.79 Å². The fourth-order valence-electron chi connectivity index (χ4n) is 3.05. The highest BCUT2D eigenvalue weighted by molar-refractivity contribution is 5.85. The molecular weight excluding hydrogens is 248 g/mol. The molecule has 1 saturated carbocycles. The summed E-state index contributed by atoms with van der Waals surface area (Å²) in [5.41, 5.74) is -0.742. The average Bonchev–Trinajstić information content (AvgIpc) is 2.73. The molecule has 0 bridgehead atoms. The van der Waals surface area contributed by atoms with Crippen molar-refractivity contribution in [3.8, 4) is 6.07 Å². The minimum Gasteiger partial charge on any atom is -0.339 e. The van der Waals surface area contributed by atoms with Crippen LogP contribution in [0, 0.1) is 16.7 Å². The molecule has 1 aliphatic carbocycles. The standard InChI is InChI=1S/C17H30N2O/c1-4-6-13-19(15(3)5-2)16(20)17(14-18)11-9-7-8-10-12-17/h15H,4-13H2,1-3H3. The molecule has 0 N–H and O–H groups in total. The third-order valence-corrected chi connectivity index (χ3v) is 4.72. The Morgan fingerprint density at radius 1 is 1.25 bits per heavy atom. The van der Waals surface area contributed by atoms with Gasteiger partial charge in [0.2, 0.25) is 5.91 Å². The molecule has 1 aliphatic rings. The number of unbranched alkanes of at least 4 members (excludes halogenated alkanes) is 1. The number of carbonyl (C=O) groups excluding carboxylic acids is 1. The third-order valence-electron chi connectivity index (χ3n) is 4.72. The van der Waals surface area contributed by atoms with Gasteiger partial charge >= 0.3 is 0 Å². The molecule has 1 atom stereocenters. The normalized spacial score (nSPS) is 19.7. The molecule has 0 aromatic heterocycles. The maximum absolute atomic E-state index is 13.0. The molecule has 114 valence electrons. The largest absolute Gasteiger partial charge is 0.339 e. The molecule has 1 unspecified atom stereocenters. The van der Waals surface area contributed by atoms with Crippen LogP contribution in [0.2, 0.25) is 0 Å². The van der Waals surface area contributed by atoms with Crippen LogP contribution < -0.4 is 0 Å². The Bertz CT molecular complexity index is 337. The quantitative estimate of drug-likeness (QED) is 0.681. The van der Waals surface area contributed by atoms with Gasteiger partial charge in [-0.25, -0.2) is 0 Å². The summed E-state index contributed by atoms with van der Waals surface area (Å²) in [7, 11) is 0. The zero-order chi connectivity index (χ0) is 15.0. The van der Waals surface area contributed by atoms with Gasteiger partial charge in [-0.3, -0.25) is 4.79 Å². The summed E-state index contributed by atoms with van der Waals surface area (Å²) < 4.78 is 0. The first-order valence-electron chi connectivity index (χ1n) is 8.33. The lowest BCUT2D eigenvalue weighted by Gasteiger charge is -2.35. The van der Waals surface area contributed by atoms with Gasteiger partial charge in [-0.2, -0.15) is 5.26 Å². The molecule has 1 fully saturated rings. The van der Waals surface area contributed by atoms with Crippen molar-refractivity contribution in [1.29, 1.82) is 5.26 Å². The minimum absolute atomic E-state index is 0.102. The lowest BCUT2D eigenvalue weighted by Crippen LogP contribution is -2.47. The molecule has 3 heteroatoms. The molecule has 0 aromatic carbocycles. The van der Waals surface area contributed by atoms with E-state index in [4.69, 9.17) is 0 Å². The zero-order valence-corrected chi connectivity index (χ0v) is 13.5. The molecule has 0 spiro atoms. The van der Waals surface area contributed by atoms with Gasteiger partial charge < -0.3 is 4.90 Å². The molecule has 0 radical (unpaired) electrons. The maximum Gasteiger partial charge on any atom is 0.243 e. The van der Waals surface area contributed by atoms with E-state index in [0.29, 0.717) is 0 Å². The second kappa shape index (κ2) is 8.29. The van der Waals surface area contributed by atoms with E-state index in [-0.39, 0.29) is 11.9 Å². The van der Waals surface area contributed by atoms with Crippen molar-refractivity contribution in [2.24, 2.45) is 5.41 Å². The van der Waals surface area contributed by atoms with Gasteiger partial charge in [-0.05, 0) is 32.6 Å². The van der Waals surface area contributed by atoms with Crippen LogP contribution in [-0.2, 0) is 4.79 Å². The number of hydrogen-bond acceptors (Lipinski definition) is 2. The predicted octanol–water partition coefficient (Wildman–Crippen LogP) is 4.28. The van der Waals surface area contributed by atoms with Crippen LogP contribution in [0.15, 0.2) is 0 Å². The molecular formula is C17H30N2O. The Morgan fingerprint density at radius 2 is 1.85 bits per heavy atom.